The Kier molecular flexibility index (Phi) is 6.68. The molecule has 2 aliphatic rings. The molecule has 2 heterocycles. The van der Waals surface area contributed by atoms with Crippen LogP contribution < -0.4 is 25.0 Å². The molecule has 4 rings (SSSR count). The van der Waals surface area contributed by atoms with Crippen molar-refractivity contribution in [1.29, 1.82) is 0 Å². The maximum absolute atomic E-state index is 13.0. The van der Waals surface area contributed by atoms with Gasteiger partial charge in [0.25, 0.3) is 5.91 Å². The van der Waals surface area contributed by atoms with Gasteiger partial charge in [0.05, 0.1) is 23.2 Å². The number of morpholine rings is 1. The number of carbonyl (C=O) groups is 3. The lowest BCUT2D eigenvalue weighted by Crippen LogP contribution is -2.61. The summed E-state index contributed by atoms with van der Waals surface area (Å²) in [6, 6.07) is 8.53. The second-order valence-corrected chi connectivity index (χ2v) is 9.87. The van der Waals surface area contributed by atoms with Crippen LogP contribution in [0.25, 0.3) is 0 Å². The first-order valence-corrected chi connectivity index (χ1v) is 11.6. The summed E-state index contributed by atoms with van der Waals surface area (Å²) in [6.45, 7) is 0.894. The van der Waals surface area contributed by atoms with E-state index in [0.29, 0.717) is 48.2 Å². The number of ether oxygens (including phenoxy) is 3. The summed E-state index contributed by atoms with van der Waals surface area (Å²) in [4.78, 5) is 39.1. The van der Waals surface area contributed by atoms with Gasteiger partial charge >= 0.3 is 6.09 Å². The third-order valence-electron chi connectivity index (χ3n) is 5.44. The summed E-state index contributed by atoms with van der Waals surface area (Å²) in [5, 5.41) is 6.01. The highest BCUT2D eigenvalue weighted by Gasteiger charge is 2.46. The van der Waals surface area contributed by atoms with Crippen LogP contribution in [0.3, 0.4) is 0 Å². The van der Waals surface area contributed by atoms with Crippen molar-refractivity contribution in [3.63, 3.8) is 0 Å². The second-order valence-electron chi connectivity index (χ2n) is 7.45. The van der Waals surface area contributed by atoms with E-state index in [1.165, 1.54) is 18.4 Å². The van der Waals surface area contributed by atoms with Gasteiger partial charge in [0.1, 0.15) is 17.9 Å². The Labute approximate surface area is 197 Å². The van der Waals surface area contributed by atoms with Crippen molar-refractivity contribution in [2.75, 3.05) is 37.1 Å². The van der Waals surface area contributed by atoms with Gasteiger partial charge in [0.15, 0.2) is 5.06 Å². The molecular weight excluding hydrogens is 502 g/mol. The molecular formula is C21H22BrN3O6S. The van der Waals surface area contributed by atoms with Gasteiger partial charge < -0.3 is 29.7 Å². The number of nitrogens with one attached hydrogen (secondary N) is 2. The molecule has 2 aromatic rings. The second kappa shape index (κ2) is 9.47. The van der Waals surface area contributed by atoms with Gasteiger partial charge in [-0.2, -0.15) is 0 Å². The van der Waals surface area contributed by atoms with E-state index in [2.05, 4.69) is 26.6 Å². The molecule has 0 spiro atoms. The maximum Gasteiger partial charge on any atom is 0.414 e. The number of benzene rings is 1. The van der Waals surface area contributed by atoms with Crippen molar-refractivity contribution < 1.29 is 28.6 Å². The smallest absolute Gasteiger partial charge is 0.414 e. The molecule has 0 bridgehead atoms. The fourth-order valence-corrected chi connectivity index (χ4v) is 4.80. The number of methoxy groups -OCH3 is 1. The minimum absolute atomic E-state index is 0.0222. The first kappa shape index (κ1) is 22.6. The molecule has 1 aliphatic carbocycles. The van der Waals surface area contributed by atoms with Crippen LogP contribution in [-0.4, -0.2) is 50.3 Å². The number of amides is 3. The van der Waals surface area contributed by atoms with Crippen LogP contribution in [0.1, 0.15) is 19.3 Å². The monoisotopic (exact) mass is 523 g/mol. The summed E-state index contributed by atoms with van der Waals surface area (Å²) in [5.41, 5.74) is 0.0818. The van der Waals surface area contributed by atoms with Crippen LogP contribution in [0.15, 0.2) is 34.1 Å². The van der Waals surface area contributed by atoms with Crippen LogP contribution in [0.5, 0.6) is 10.8 Å². The molecule has 1 saturated heterocycles. The van der Waals surface area contributed by atoms with E-state index in [9.17, 15) is 14.4 Å². The average Bonchev–Trinajstić information content (AvgIpc) is 3.15. The number of anilines is 2. The molecule has 1 saturated carbocycles. The lowest BCUT2D eigenvalue weighted by atomic mass is 9.76. The van der Waals surface area contributed by atoms with Crippen molar-refractivity contribution in [1.82, 2.24) is 5.32 Å². The lowest BCUT2D eigenvalue weighted by Gasteiger charge is -2.40. The van der Waals surface area contributed by atoms with Crippen molar-refractivity contribution in [2.45, 2.75) is 24.8 Å². The molecule has 11 heteroatoms. The highest BCUT2D eigenvalue weighted by atomic mass is 79.9. The third-order valence-corrected chi connectivity index (χ3v) is 6.94. The Balaban J connectivity index is 1.44. The topological polar surface area (TPSA) is 106 Å². The van der Waals surface area contributed by atoms with E-state index in [1.807, 2.05) is 0 Å². The number of halogens is 1. The van der Waals surface area contributed by atoms with E-state index in [-0.39, 0.29) is 18.4 Å². The van der Waals surface area contributed by atoms with Crippen molar-refractivity contribution in [2.24, 2.45) is 0 Å². The van der Waals surface area contributed by atoms with Crippen molar-refractivity contribution in [3.8, 4) is 10.8 Å². The molecule has 1 aromatic carbocycles. The lowest BCUT2D eigenvalue weighted by molar-refractivity contribution is -0.126. The van der Waals surface area contributed by atoms with Crippen molar-refractivity contribution in [3.05, 3.63) is 34.1 Å². The van der Waals surface area contributed by atoms with Gasteiger partial charge in [-0.15, -0.1) is 0 Å². The van der Waals surface area contributed by atoms with E-state index in [4.69, 9.17) is 14.2 Å². The highest BCUT2D eigenvalue weighted by Crippen LogP contribution is 2.36. The van der Waals surface area contributed by atoms with Crippen LogP contribution in [-0.2, 0) is 14.3 Å². The highest BCUT2D eigenvalue weighted by molar-refractivity contribution is 9.11. The SMILES string of the molecule is COc1cc(NC(=O)C2(NC(=O)Oc3ccc(Br)s3)CCC2)ccc1N1CCOCC1=O. The summed E-state index contributed by atoms with van der Waals surface area (Å²) in [7, 11) is 1.50. The molecule has 0 radical (unpaired) electrons. The standard InChI is InChI=1S/C21H22BrN3O6S/c1-29-15-11-13(3-4-14(15)25-9-10-30-12-17(25)26)23-19(27)21(7-2-8-21)24-20(28)31-18-6-5-16(22)32-18/h3-6,11H,2,7-10,12H2,1H3,(H,23,27)(H,24,28). The Hall–Kier alpha value is -2.63. The van der Waals surface area contributed by atoms with Gasteiger partial charge in [-0.1, -0.05) is 11.3 Å². The van der Waals surface area contributed by atoms with E-state index < -0.39 is 11.6 Å². The molecule has 32 heavy (non-hydrogen) atoms. The minimum atomic E-state index is -1.03. The zero-order chi connectivity index (χ0) is 22.7. The first-order chi connectivity index (χ1) is 15.4. The molecule has 170 valence electrons. The summed E-state index contributed by atoms with van der Waals surface area (Å²) < 4.78 is 16.8. The number of rotatable bonds is 6. The molecule has 0 atom stereocenters. The normalized spacial score (nSPS) is 17.3. The summed E-state index contributed by atoms with van der Waals surface area (Å²) in [6.07, 6.45) is 1.17. The zero-order valence-corrected chi connectivity index (χ0v) is 19.7. The quantitative estimate of drug-likeness (QED) is 0.599. The zero-order valence-electron chi connectivity index (χ0n) is 17.3. The van der Waals surface area contributed by atoms with Crippen LogP contribution in [0.2, 0.25) is 0 Å². The Morgan fingerprint density at radius 2 is 2.06 bits per heavy atom. The Morgan fingerprint density at radius 3 is 2.69 bits per heavy atom. The number of carbonyl (C=O) groups excluding carboxylic acids is 3. The van der Waals surface area contributed by atoms with E-state index in [0.717, 1.165) is 10.2 Å². The Morgan fingerprint density at radius 1 is 1.25 bits per heavy atom. The largest absolute Gasteiger partial charge is 0.494 e. The van der Waals surface area contributed by atoms with Crippen LogP contribution in [0.4, 0.5) is 16.2 Å². The molecule has 9 nitrogen and oxygen atoms in total. The van der Waals surface area contributed by atoms with Crippen LogP contribution in [0, 0.1) is 0 Å². The number of hydrogen-bond acceptors (Lipinski definition) is 7. The molecule has 3 amide bonds. The fourth-order valence-electron chi connectivity index (χ4n) is 3.61. The number of hydrogen-bond donors (Lipinski definition) is 2. The molecule has 2 N–H and O–H groups in total. The number of nitrogens with zero attached hydrogens (tertiary/aromatic N) is 1. The minimum Gasteiger partial charge on any atom is -0.494 e. The average molecular weight is 524 g/mol. The Bertz CT molecular complexity index is 1040. The molecule has 1 aromatic heterocycles. The fraction of sp³-hybridized carbons (Fsp3) is 0.381. The molecule has 2 fully saturated rings. The summed E-state index contributed by atoms with van der Waals surface area (Å²) >= 11 is 4.60. The maximum atomic E-state index is 13.0. The van der Waals surface area contributed by atoms with Gasteiger partial charge in [-0.3, -0.25) is 9.59 Å². The van der Waals surface area contributed by atoms with E-state index in [1.54, 1.807) is 35.2 Å². The predicted molar refractivity (Wildman–Crippen MR) is 123 cm³/mol. The van der Waals surface area contributed by atoms with Gasteiger partial charge in [0.2, 0.25) is 5.91 Å². The van der Waals surface area contributed by atoms with Crippen molar-refractivity contribution >= 4 is 56.5 Å². The van der Waals surface area contributed by atoms with Gasteiger partial charge in [0, 0.05) is 18.3 Å². The number of thiophene rings is 1. The predicted octanol–water partition coefficient (Wildman–Crippen LogP) is 3.53. The van der Waals surface area contributed by atoms with Crippen LogP contribution >= 0.6 is 27.3 Å². The van der Waals surface area contributed by atoms with Gasteiger partial charge in [-0.05, 0) is 59.5 Å². The molecule has 0 unspecified atom stereocenters. The summed E-state index contributed by atoms with van der Waals surface area (Å²) in [5.74, 6) is -0.0260. The first-order valence-electron chi connectivity index (χ1n) is 10.0. The molecule has 1 aliphatic heterocycles. The van der Waals surface area contributed by atoms with E-state index >= 15 is 0 Å². The van der Waals surface area contributed by atoms with Gasteiger partial charge in [-0.25, -0.2) is 4.79 Å². The third kappa shape index (κ3) is 4.74.